The van der Waals surface area contributed by atoms with Gasteiger partial charge in [-0.25, -0.2) is 4.79 Å². The van der Waals surface area contributed by atoms with Crippen LogP contribution < -0.4 is 14.8 Å². The van der Waals surface area contributed by atoms with Crippen molar-refractivity contribution in [2.75, 3.05) is 34.4 Å². The van der Waals surface area contributed by atoms with Crippen LogP contribution in [0.3, 0.4) is 0 Å². The molecule has 0 aliphatic rings. The number of nitrogens with one attached hydrogen (secondary N) is 1. The Labute approximate surface area is 132 Å². The van der Waals surface area contributed by atoms with E-state index in [-0.39, 0.29) is 12.1 Å². The minimum Gasteiger partial charge on any atom is -0.493 e. The van der Waals surface area contributed by atoms with E-state index < -0.39 is 0 Å². The maximum atomic E-state index is 12.1. The molecule has 0 fully saturated rings. The summed E-state index contributed by atoms with van der Waals surface area (Å²) in [6, 6.07) is 5.42. The lowest BCUT2D eigenvalue weighted by Crippen LogP contribution is -2.41. The van der Waals surface area contributed by atoms with Crippen molar-refractivity contribution in [1.82, 2.24) is 10.2 Å². The van der Waals surface area contributed by atoms with Gasteiger partial charge in [0.25, 0.3) is 0 Å². The fraction of sp³-hybridized carbons (Fsp3) is 0.562. The van der Waals surface area contributed by atoms with E-state index in [4.69, 9.17) is 14.2 Å². The molecule has 0 saturated carbocycles. The molecule has 1 N–H and O–H groups in total. The number of nitrogens with zero attached hydrogens (tertiary/aromatic N) is 1. The molecule has 0 bridgehead atoms. The van der Waals surface area contributed by atoms with Gasteiger partial charge in [0, 0.05) is 32.3 Å². The molecule has 0 aliphatic heterocycles. The zero-order valence-electron chi connectivity index (χ0n) is 14.0. The van der Waals surface area contributed by atoms with Gasteiger partial charge in [0.15, 0.2) is 11.5 Å². The molecule has 6 nitrogen and oxygen atoms in total. The minimum atomic E-state index is -0.156. The Kier molecular flexibility index (Phi) is 7.52. The van der Waals surface area contributed by atoms with E-state index in [2.05, 4.69) is 5.32 Å². The average molecular weight is 310 g/mol. The third-order valence-electron chi connectivity index (χ3n) is 3.24. The van der Waals surface area contributed by atoms with E-state index in [0.717, 1.165) is 5.56 Å². The third kappa shape index (κ3) is 5.11. The van der Waals surface area contributed by atoms with Crippen LogP contribution >= 0.6 is 0 Å². The van der Waals surface area contributed by atoms with Gasteiger partial charge < -0.3 is 24.4 Å². The lowest BCUT2D eigenvalue weighted by Gasteiger charge is -2.22. The Morgan fingerprint density at radius 3 is 2.64 bits per heavy atom. The summed E-state index contributed by atoms with van der Waals surface area (Å²) in [4.78, 5) is 13.7. The molecular weight excluding hydrogens is 284 g/mol. The second kappa shape index (κ2) is 9.15. The van der Waals surface area contributed by atoms with E-state index in [1.807, 2.05) is 32.0 Å². The summed E-state index contributed by atoms with van der Waals surface area (Å²) in [5.74, 6) is 1.28. The first-order valence-corrected chi connectivity index (χ1v) is 7.33. The van der Waals surface area contributed by atoms with Gasteiger partial charge in [-0.2, -0.15) is 0 Å². The Hall–Kier alpha value is -1.95. The number of hydrogen-bond acceptors (Lipinski definition) is 4. The normalized spacial score (nSPS) is 11.7. The molecular formula is C16H26N2O4. The van der Waals surface area contributed by atoms with Gasteiger partial charge in [0.1, 0.15) is 0 Å². The maximum Gasteiger partial charge on any atom is 0.317 e. The number of benzene rings is 1. The summed E-state index contributed by atoms with van der Waals surface area (Å²) in [5, 5.41) is 2.87. The van der Waals surface area contributed by atoms with Crippen LogP contribution in [-0.2, 0) is 11.3 Å². The van der Waals surface area contributed by atoms with Crippen molar-refractivity contribution < 1.29 is 19.0 Å². The van der Waals surface area contributed by atoms with Gasteiger partial charge in [0.05, 0.1) is 20.3 Å². The van der Waals surface area contributed by atoms with Gasteiger partial charge in [0.2, 0.25) is 0 Å². The molecule has 0 radical (unpaired) electrons. The topological polar surface area (TPSA) is 60.0 Å². The lowest BCUT2D eigenvalue weighted by molar-refractivity contribution is 0.0580. The highest BCUT2D eigenvalue weighted by Gasteiger charge is 2.14. The summed E-state index contributed by atoms with van der Waals surface area (Å²) in [6.45, 7) is 5.42. The predicted octanol–water partition coefficient (Wildman–Crippen LogP) is 2.27. The highest BCUT2D eigenvalue weighted by Crippen LogP contribution is 2.30. The monoisotopic (exact) mass is 310 g/mol. The average Bonchev–Trinajstić information content (AvgIpc) is 2.51. The number of likely N-dealkylation sites (N-methyl/N-ethyl adjacent to an activating group) is 1. The molecule has 1 aromatic rings. The van der Waals surface area contributed by atoms with E-state index in [1.54, 1.807) is 26.2 Å². The fourth-order valence-corrected chi connectivity index (χ4v) is 2.20. The number of ether oxygens (including phenoxy) is 3. The molecule has 1 unspecified atom stereocenters. The predicted molar refractivity (Wildman–Crippen MR) is 85.5 cm³/mol. The molecule has 124 valence electrons. The van der Waals surface area contributed by atoms with Gasteiger partial charge >= 0.3 is 6.03 Å². The summed E-state index contributed by atoms with van der Waals surface area (Å²) < 4.78 is 16.0. The molecule has 1 atom stereocenters. The molecule has 0 spiro atoms. The standard InChI is InChI=1S/C16H26N2O4/c1-6-22-12(2)11-18(3)16(19)17-10-13-8-7-9-14(20-4)15(13)21-5/h7-9,12H,6,10-11H2,1-5H3,(H,17,19). The van der Waals surface area contributed by atoms with Crippen molar-refractivity contribution in [3.63, 3.8) is 0 Å². The van der Waals surface area contributed by atoms with Crippen molar-refractivity contribution in [2.24, 2.45) is 0 Å². The van der Waals surface area contributed by atoms with Crippen LogP contribution in [0.15, 0.2) is 18.2 Å². The Morgan fingerprint density at radius 2 is 2.05 bits per heavy atom. The Balaban J connectivity index is 2.60. The quantitative estimate of drug-likeness (QED) is 0.800. The van der Waals surface area contributed by atoms with Crippen molar-refractivity contribution >= 4 is 6.03 Å². The highest BCUT2D eigenvalue weighted by molar-refractivity contribution is 5.74. The van der Waals surface area contributed by atoms with Crippen molar-refractivity contribution in [3.05, 3.63) is 23.8 Å². The van der Waals surface area contributed by atoms with Crippen LogP contribution in [0.4, 0.5) is 4.79 Å². The number of amides is 2. The Morgan fingerprint density at radius 1 is 1.32 bits per heavy atom. The molecule has 6 heteroatoms. The second-order valence-electron chi connectivity index (χ2n) is 4.96. The van der Waals surface area contributed by atoms with Gasteiger partial charge in [-0.05, 0) is 19.9 Å². The molecule has 0 saturated heterocycles. The summed E-state index contributed by atoms with van der Waals surface area (Å²) in [7, 11) is 4.91. The maximum absolute atomic E-state index is 12.1. The molecule has 0 aliphatic carbocycles. The number of methoxy groups -OCH3 is 2. The van der Waals surface area contributed by atoms with Gasteiger partial charge in [-0.15, -0.1) is 0 Å². The highest BCUT2D eigenvalue weighted by atomic mass is 16.5. The van der Waals surface area contributed by atoms with E-state index in [1.165, 1.54) is 0 Å². The smallest absolute Gasteiger partial charge is 0.317 e. The number of hydrogen-bond donors (Lipinski definition) is 1. The molecule has 1 aromatic carbocycles. The Bertz CT molecular complexity index is 479. The number of carbonyl (C=O) groups is 1. The van der Waals surface area contributed by atoms with Crippen LogP contribution in [0.25, 0.3) is 0 Å². The van der Waals surface area contributed by atoms with Crippen molar-refractivity contribution in [1.29, 1.82) is 0 Å². The fourth-order valence-electron chi connectivity index (χ4n) is 2.20. The summed E-state index contributed by atoms with van der Waals surface area (Å²) >= 11 is 0. The van der Waals surface area contributed by atoms with Crippen LogP contribution in [-0.4, -0.2) is 51.5 Å². The number of urea groups is 1. The van der Waals surface area contributed by atoms with Crippen LogP contribution in [0, 0.1) is 0 Å². The molecule has 0 heterocycles. The number of carbonyl (C=O) groups excluding carboxylic acids is 1. The molecule has 1 rings (SSSR count). The van der Waals surface area contributed by atoms with E-state index >= 15 is 0 Å². The van der Waals surface area contributed by atoms with Crippen LogP contribution in [0.1, 0.15) is 19.4 Å². The molecule has 2 amide bonds. The third-order valence-corrected chi connectivity index (χ3v) is 3.24. The first kappa shape index (κ1) is 18.1. The SMILES string of the molecule is CCOC(C)CN(C)C(=O)NCc1cccc(OC)c1OC. The molecule has 0 aromatic heterocycles. The van der Waals surface area contributed by atoms with Gasteiger partial charge in [-0.3, -0.25) is 0 Å². The van der Waals surface area contributed by atoms with Crippen LogP contribution in [0.2, 0.25) is 0 Å². The minimum absolute atomic E-state index is 0.00658. The second-order valence-corrected chi connectivity index (χ2v) is 4.96. The zero-order valence-corrected chi connectivity index (χ0v) is 14.0. The summed E-state index contributed by atoms with van der Waals surface area (Å²) in [5.41, 5.74) is 0.862. The van der Waals surface area contributed by atoms with Crippen molar-refractivity contribution in [3.8, 4) is 11.5 Å². The lowest BCUT2D eigenvalue weighted by atomic mass is 10.2. The molecule has 22 heavy (non-hydrogen) atoms. The number of para-hydroxylation sites is 1. The van der Waals surface area contributed by atoms with Crippen LogP contribution in [0.5, 0.6) is 11.5 Å². The van der Waals surface area contributed by atoms with Crippen molar-refractivity contribution in [2.45, 2.75) is 26.5 Å². The summed E-state index contributed by atoms with van der Waals surface area (Å²) in [6.07, 6.45) is 0.00658. The van der Waals surface area contributed by atoms with E-state index in [0.29, 0.717) is 31.2 Å². The first-order chi connectivity index (χ1) is 10.5. The van der Waals surface area contributed by atoms with E-state index in [9.17, 15) is 4.79 Å². The van der Waals surface area contributed by atoms with Gasteiger partial charge in [-0.1, -0.05) is 12.1 Å². The number of rotatable bonds is 8. The zero-order chi connectivity index (χ0) is 16.5. The largest absolute Gasteiger partial charge is 0.493 e. The first-order valence-electron chi connectivity index (χ1n) is 7.33.